The Kier molecular flexibility index (Phi) is 7.52. The highest BCUT2D eigenvalue weighted by atomic mass is 19.4. The molecule has 35 heavy (non-hydrogen) atoms. The van der Waals surface area contributed by atoms with Crippen molar-refractivity contribution in [3.8, 4) is 0 Å². The van der Waals surface area contributed by atoms with E-state index in [4.69, 9.17) is 15.6 Å². The zero-order valence-corrected chi connectivity index (χ0v) is 18.2. The Morgan fingerprint density at radius 2 is 2.00 bits per heavy atom. The second-order valence-corrected chi connectivity index (χ2v) is 7.62. The van der Waals surface area contributed by atoms with Gasteiger partial charge in [-0.15, -0.1) is 0 Å². The predicted octanol–water partition coefficient (Wildman–Crippen LogP) is 2.21. The van der Waals surface area contributed by atoms with E-state index in [1.807, 2.05) is 6.07 Å². The number of halogens is 5. The third-order valence-corrected chi connectivity index (χ3v) is 4.94. The van der Waals surface area contributed by atoms with Crippen LogP contribution in [0.25, 0.3) is 5.65 Å². The van der Waals surface area contributed by atoms with Gasteiger partial charge in [-0.05, 0) is 18.9 Å². The number of aryl methyl sites for hydroxylation is 1. The van der Waals surface area contributed by atoms with Gasteiger partial charge in [0.1, 0.15) is 11.4 Å². The molecule has 0 spiro atoms. The molecule has 1 saturated heterocycles. The number of carbonyl (C=O) groups is 2. The van der Waals surface area contributed by atoms with Gasteiger partial charge in [0.25, 0.3) is 12.3 Å². The van der Waals surface area contributed by atoms with Crippen molar-refractivity contribution in [1.82, 2.24) is 24.4 Å². The Morgan fingerprint density at radius 1 is 1.31 bits per heavy atom. The van der Waals surface area contributed by atoms with E-state index in [1.165, 1.54) is 28.6 Å². The van der Waals surface area contributed by atoms with E-state index in [1.54, 1.807) is 6.20 Å². The molecule has 1 atom stereocenters. The summed E-state index contributed by atoms with van der Waals surface area (Å²) in [5.41, 5.74) is 6.05. The first-order chi connectivity index (χ1) is 16.4. The molecule has 0 radical (unpaired) electrons. The highest BCUT2D eigenvalue weighted by molar-refractivity contribution is 6.08. The normalized spacial score (nSPS) is 16.2. The molecule has 1 aliphatic heterocycles. The van der Waals surface area contributed by atoms with E-state index in [0.717, 1.165) is 19.4 Å². The number of nitrogens with two attached hydrogens (primary N) is 1. The van der Waals surface area contributed by atoms with Gasteiger partial charge < -0.3 is 21.1 Å². The Balaban J connectivity index is 0.000000429. The zero-order chi connectivity index (χ0) is 25.9. The first-order valence-electron chi connectivity index (χ1n) is 10.1. The van der Waals surface area contributed by atoms with Crippen molar-refractivity contribution >= 4 is 29.0 Å². The fourth-order valence-corrected chi connectivity index (χ4v) is 3.37. The van der Waals surface area contributed by atoms with Gasteiger partial charge in [-0.1, -0.05) is 0 Å². The number of carboxylic acid groups (broad SMARTS) is 1. The van der Waals surface area contributed by atoms with Crippen LogP contribution in [0.5, 0.6) is 0 Å². The van der Waals surface area contributed by atoms with Gasteiger partial charge in [-0.3, -0.25) is 9.48 Å². The van der Waals surface area contributed by atoms with Crippen LogP contribution in [0.3, 0.4) is 0 Å². The van der Waals surface area contributed by atoms with E-state index < -0.39 is 30.2 Å². The maximum absolute atomic E-state index is 13.1. The van der Waals surface area contributed by atoms with E-state index in [0.29, 0.717) is 18.0 Å². The fraction of sp³-hybridized carbons (Fsp3) is 0.421. The average molecular weight is 504 g/mol. The maximum Gasteiger partial charge on any atom is 0.490 e. The molecule has 16 heteroatoms. The Labute approximate surface area is 194 Å². The van der Waals surface area contributed by atoms with Gasteiger partial charge in [0.2, 0.25) is 0 Å². The van der Waals surface area contributed by atoms with Crippen LogP contribution in [0.2, 0.25) is 0 Å². The molecule has 1 aliphatic rings. The van der Waals surface area contributed by atoms with Gasteiger partial charge in [-0.2, -0.15) is 23.4 Å². The number of fused-ring (bicyclic) bond motifs is 1. The summed E-state index contributed by atoms with van der Waals surface area (Å²) in [6, 6.07) is 1.90. The predicted molar refractivity (Wildman–Crippen MR) is 112 cm³/mol. The van der Waals surface area contributed by atoms with Crippen molar-refractivity contribution in [3.63, 3.8) is 0 Å². The molecule has 0 aromatic carbocycles. The molecule has 0 saturated carbocycles. The number of anilines is 2. The zero-order valence-electron chi connectivity index (χ0n) is 18.2. The third-order valence-electron chi connectivity index (χ3n) is 4.94. The number of nitrogens with one attached hydrogen (secondary N) is 1. The molecule has 0 aliphatic carbocycles. The van der Waals surface area contributed by atoms with E-state index in [2.05, 4.69) is 25.4 Å². The Hall–Kier alpha value is -3.82. The molecule has 3 aromatic rings. The Bertz CT molecular complexity index is 1210. The lowest BCUT2D eigenvalue weighted by Crippen LogP contribution is -2.43. The summed E-state index contributed by atoms with van der Waals surface area (Å²) in [6.07, 6.45) is -1.54. The molecular formula is C19H21F5N8O3. The lowest BCUT2D eigenvalue weighted by molar-refractivity contribution is -0.192. The van der Waals surface area contributed by atoms with Crippen molar-refractivity contribution < 1.29 is 36.6 Å². The molecule has 0 bridgehead atoms. The SMILES string of the molecule is Cn1cc(NC(=O)c2cnn3ccc(N4CCC[C@@H](N)C4)nc23)c(C(F)F)n1.O=C(O)C(F)(F)F. The second-order valence-electron chi connectivity index (χ2n) is 7.62. The van der Waals surface area contributed by atoms with Crippen molar-refractivity contribution in [2.24, 2.45) is 12.8 Å². The number of piperidine rings is 1. The third kappa shape index (κ3) is 6.20. The van der Waals surface area contributed by atoms with Gasteiger partial charge >= 0.3 is 12.1 Å². The number of hydrogen-bond acceptors (Lipinski definition) is 7. The van der Waals surface area contributed by atoms with E-state index in [-0.39, 0.29) is 17.3 Å². The smallest absolute Gasteiger partial charge is 0.475 e. The van der Waals surface area contributed by atoms with E-state index in [9.17, 15) is 26.7 Å². The van der Waals surface area contributed by atoms with Crippen LogP contribution in [0.4, 0.5) is 33.5 Å². The van der Waals surface area contributed by atoms with Crippen molar-refractivity contribution in [3.05, 3.63) is 35.9 Å². The molecular weight excluding hydrogens is 483 g/mol. The largest absolute Gasteiger partial charge is 0.490 e. The number of aliphatic carboxylic acids is 1. The van der Waals surface area contributed by atoms with Crippen LogP contribution in [-0.2, 0) is 11.8 Å². The molecule has 11 nitrogen and oxygen atoms in total. The highest BCUT2D eigenvalue weighted by Crippen LogP contribution is 2.26. The number of nitrogens with zero attached hydrogens (tertiary/aromatic N) is 6. The van der Waals surface area contributed by atoms with Gasteiger partial charge in [-0.25, -0.2) is 23.1 Å². The molecule has 0 unspecified atom stereocenters. The minimum absolute atomic E-state index is 0.0417. The lowest BCUT2D eigenvalue weighted by Gasteiger charge is -2.31. The maximum atomic E-state index is 13.1. The Morgan fingerprint density at radius 3 is 2.60 bits per heavy atom. The second kappa shape index (κ2) is 10.2. The number of amides is 1. The van der Waals surface area contributed by atoms with Gasteiger partial charge in [0, 0.05) is 38.6 Å². The van der Waals surface area contributed by atoms with Crippen LogP contribution in [-0.4, -0.2) is 66.7 Å². The van der Waals surface area contributed by atoms with Gasteiger partial charge in [0.15, 0.2) is 11.3 Å². The highest BCUT2D eigenvalue weighted by Gasteiger charge is 2.38. The number of hydrogen-bond donors (Lipinski definition) is 3. The number of carboxylic acids is 1. The van der Waals surface area contributed by atoms with Crippen LogP contribution in [0, 0.1) is 0 Å². The molecule has 190 valence electrons. The van der Waals surface area contributed by atoms with Crippen molar-refractivity contribution in [2.45, 2.75) is 31.5 Å². The molecule has 1 fully saturated rings. The first-order valence-corrected chi connectivity index (χ1v) is 10.1. The number of carbonyl (C=O) groups excluding carboxylic acids is 1. The summed E-state index contributed by atoms with van der Waals surface area (Å²) in [7, 11) is 1.51. The minimum atomic E-state index is -5.08. The molecule has 4 rings (SSSR count). The molecule has 4 N–H and O–H groups in total. The van der Waals surface area contributed by atoms with E-state index >= 15 is 0 Å². The summed E-state index contributed by atoms with van der Waals surface area (Å²) in [4.78, 5) is 28.2. The number of aromatic nitrogens is 5. The van der Waals surface area contributed by atoms with Gasteiger partial charge in [0.05, 0.1) is 11.9 Å². The molecule has 3 aromatic heterocycles. The van der Waals surface area contributed by atoms with Crippen molar-refractivity contribution in [2.75, 3.05) is 23.3 Å². The topological polar surface area (TPSA) is 144 Å². The molecule has 1 amide bonds. The monoisotopic (exact) mass is 504 g/mol. The van der Waals surface area contributed by atoms with Crippen LogP contribution >= 0.6 is 0 Å². The summed E-state index contributed by atoms with van der Waals surface area (Å²) in [6.45, 7) is 1.52. The summed E-state index contributed by atoms with van der Waals surface area (Å²) < 4.78 is 60.6. The quantitative estimate of drug-likeness (QED) is 0.459. The number of alkyl halides is 5. The van der Waals surface area contributed by atoms with Crippen LogP contribution in [0.15, 0.2) is 24.7 Å². The standard InChI is InChI=1S/C17H20F2N8O.C2HF3O2/c1-25-9-12(14(24-25)15(18)19)22-17(28)11-7-21-27-6-4-13(23-16(11)27)26-5-2-3-10(20)8-26;3-2(4,5)1(6)7/h4,6-7,9-10,15H,2-3,5,8,20H2,1H3,(H,22,28);(H,6,7)/t10-;/m1./s1. The van der Waals surface area contributed by atoms with Crippen molar-refractivity contribution in [1.29, 1.82) is 0 Å². The van der Waals surface area contributed by atoms with Crippen LogP contribution in [0.1, 0.15) is 35.3 Å². The lowest BCUT2D eigenvalue weighted by atomic mass is 10.1. The van der Waals surface area contributed by atoms with Crippen LogP contribution < -0.4 is 16.0 Å². The summed E-state index contributed by atoms with van der Waals surface area (Å²) in [5, 5.41) is 17.4. The fourth-order valence-electron chi connectivity index (χ4n) is 3.37. The molecule has 4 heterocycles. The average Bonchev–Trinajstić information content (AvgIpc) is 3.36. The minimum Gasteiger partial charge on any atom is -0.475 e. The number of rotatable bonds is 4. The summed E-state index contributed by atoms with van der Waals surface area (Å²) in [5.74, 6) is -2.63. The first kappa shape index (κ1) is 25.8. The summed E-state index contributed by atoms with van der Waals surface area (Å²) >= 11 is 0.